The Bertz CT molecular complexity index is 503. The first kappa shape index (κ1) is 14.6. The zero-order chi connectivity index (χ0) is 14.5. The summed E-state index contributed by atoms with van der Waals surface area (Å²) in [7, 11) is 2.20. The molecule has 112 valence electrons. The fourth-order valence-electron chi connectivity index (χ4n) is 3.21. The standard InChI is InChI=1S/C18H24N2O/c1-19-11-9-18(10-12-19,20-13-15-21-16-14-20)8-7-17-5-3-2-4-6-17/h2-6H,9-16H2,1H3. The van der Waals surface area contributed by atoms with E-state index in [0.717, 1.165) is 57.8 Å². The van der Waals surface area contributed by atoms with E-state index in [4.69, 9.17) is 4.74 Å². The van der Waals surface area contributed by atoms with E-state index in [2.05, 4.69) is 53.0 Å². The van der Waals surface area contributed by atoms with Gasteiger partial charge in [0.15, 0.2) is 0 Å². The van der Waals surface area contributed by atoms with Gasteiger partial charge in [-0.15, -0.1) is 0 Å². The first-order valence-electron chi connectivity index (χ1n) is 7.88. The summed E-state index contributed by atoms with van der Waals surface area (Å²) in [5, 5.41) is 0. The second kappa shape index (κ2) is 6.62. The Kier molecular flexibility index (Phi) is 4.60. The first-order chi connectivity index (χ1) is 10.3. The molecule has 3 rings (SSSR count). The van der Waals surface area contributed by atoms with E-state index in [1.54, 1.807) is 0 Å². The highest BCUT2D eigenvalue weighted by atomic mass is 16.5. The number of hydrogen-bond donors (Lipinski definition) is 0. The number of benzene rings is 1. The Balaban J connectivity index is 1.84. The van der Waals surface area contributed by atoms with Crippen molar-refractivity contribution in [2.24, 2.45) is 0 Å². The van der Waals surface area contributed by atoms with Gasteiger partial charge in [-0.05, 0) is 32.0 Å². The van der Waals surface area contributed by atoms with Crippen LogP contribution in [0.2, 0.25) is 0 Å². The molecular formula is C18H24N2O. The Labute approximate surface area is 127 Å². The third kappa shape index (κ3) is 3.47. The van der Waals surface area contributed by atoms with Gasteiger partial charge in [0.2, 0.25) is 0 Å². The largest absolute Gasteiger partial charge is 0.379 e. The topological polar surface area (TPSA) is 15.7 Å². The third-order valence-corrected chi connectivity index (χ3v) is 4.64. The van der Waals surface area contributed by atoms with Gasteiger partial charge in [0.25, 0.3) is 0 Å². The van der Waals surface area contributed by atoms with Crippen molar-refractivity contribution >= 4 is 0 Å². The molecule has 2 aliphatic heterocycles. The van der Waals surface area contributed by atoms with E-state index < -0.39 is 0 Å². The van der Waals surface area contributed by atoms with E-state index in [0.29, 0.717) is 0 Å². The average molecular weight is 284 g/mol. The molecule has 0 unspecified atom stereocenters. The maximum atomic E-state index is 5.52. The molecule has 2 heterocycles. The van der Waals surface area contributed by atoms with E-state index in [1.165, 1.54) is 0 Å². The van der Waals surface area contributed by atoms with Gasteiger partial charge in [0.05, 0.1) is 18.8 Å². The van der Waals surface area contributed by atoms with E-state index >= 15 is 0 Å². The van der Waals surface area contributed by atoms with Gasteiger partial charge in [-0.2, -0.15) is 0 Å². The minimum absolute atomic E-state index is 0.0339. The number of morpholine rings is 1. The van der Waals surface area contributed by atoms with Crippen LogP contribution in [0.3, 0.4) is 0 Å². The molecule has 2 fully saturated rings. The lowest BCUT2D eigenvalue weighted by Gasteiger charge is -2.46. The molecule has 0 saturated carbocycles. The molecule has 0 radical (unpaired) electrons. The van der Waals surface area contributed by atoms with Crippen LogP contribution >= 0.6 is 0 Å². The normalized spacial score (nSPS) is 23.3. The predicted molar refractivity (Wildman–Crippen MR) is 85.2 cm³/mol. The summed E-state index contributed by atoms with van der Waals surface area (Å²) in [6.07, 6.45) is 2.26. The predicted octanol–water partition coefficient (Wildman–Crippen LogP) is 1.83. The molecule has 0 N–H and O–H groups in total. The molecule has 3 nitrogen and oxygen atoms in total. The molecule has 0 spiro atoms. The number of hydrogen-bond acceptors (Lipinski definition) is 3. The quantitative estimate of drug-likeness (QED) is 0.732. The van der Waals surface area contributed by atoms with Crippen molar-refractivity contribution in [3.05, 3.63) is 35.9 Å². The van der Waals surface area contributed by atoms with Crippen LogP contribution in [-0.4, -0.2) is 61.8 Å². The summed E-state index contributed by atoms with van der Waals surface area (Å²) in [6, 6.07) is 10.3. The molecule has 2 saturated heterocycles. The van der Waals surface area contributed by atoms with Crippen LogP contribution in [0.4, 0.5) is 0 Å². The van der Waals surface area contributed by atoms with Crippen LogP contribution in [-0.2, 0) is 4.74 Å². The maximum Gasteiger partial charge on any atom is 0.0855 e. The fourth-order valence-corrected chi connectivity index (χ4v) is 3.21. The molecular weight excluding hydrogens is 260 g/mol. The minimum Gasteiger partial charge on any atom is -0.379 e. The van der Waals surface area contributed by atoms with Gasteiger partial charge in [0, 0.05) is 31.7 Å². The average Bonchev–Trinajstić information content (AvgIpc) is 2.57. The lowest BCUT2D eigenvalue weighted by molar-refractivity contribution is -0.0212. The highest BCUT2D eigenvalue weighted by Crippen LogP contribution is 2.29. The molecule has 1 aromatic rings. The second-order valence-electron chi connectivity index (χ2n) is 6.05. The summed E-state index contributed by atoms with van der Waals surface area (Å²) in [5.74, 6) is 7.05. The van der Waals surface area contributed by atoms with E-state index in [-0.39, 0.29) is 5.54 Å². The van der Waals surface area contributed by atoms with Crippen LogP contribution in [0.1, 0.15) is 18.4 Å². The van der Waals surface area contributed by atoms with Crippen molar-refractivity contribution in [3.8, 4) is 11.8 Å². The molecule has 1 aromatic carbocycles. The van der Waals surface area contributed by atoms with Crippen molar-refractivity contribution in [1.29, 1.82) is 0 Å². The van der Waals surface area contributed by atoms with Gasteiger partial charge in [-0.25, -0.2) is 0 Å². The molecule has 0 atom stereocenters. The maximum absolute atomic E-state index is 5.52. The summed E-state index contributed by atoms with van der Waals surface area (Å²) < 4.78 is 5.52. The van der Waals surface area contributed by atoms with Crippen LogP contribution in [0.15, 0.2) is 30.3 Å². The molecule has 2 aliphatic rings. The lowest BCUT2D eigenvalue weighted by Crippen LogP contribution is -2.57. The number of rotatable bonds is 1. The van der Waals surface area contributed by atoms with Crippen LogP contribution in [0.25, 0.3) is 0 Å². The summed E-state index contributed by atoms with van der Waals surface area (Å²) in [6.45, 7) is 5.94. The van der Waals surface area contributed by atoms with Gasteiger partial charge < -0.3 is 9.64 Å². The molecule has 3 heteroatoms. The molecule has 21 heavy (non-hydrogen) atoms. The summed E-state index contributed by atoms with van der Waals surface area (Å²) in [4.78, 5) is 4.96. The zero-order valence-corrected chi connectivity index (χ0v) is 12.8. The molecule has 0 amide bonds. The Morgan fingerprint density at radius 2 is 1.67 bits per heavy atom. The zero-order valence-electron chi connectivity index (χ0n) is 12.8. The number of nitrogens with zero attached hydrogens (tertiary/aromatic N) is 2. The Morgan fingerprint density at radius 1 is 1.00 bits per heavy atom. The monoisotopic (exact) mass is 284 g/mol. The van der Waals surface area contributed by atoms with Crippen LogP contribution in [0, 0.1) is 11.8 Å². The Hall–Kier alpha value is -1.34. The van der Waals surface area contributed by atoms with Crippen molar-refractivity contribution in [2.75, 3.05) is 46.4 Å². The van der Waals surface area contributed by atoms with Crippen LogP contribution < -0.4 is 0 Å². The van der Waals surface area contributed by atoms with Crippen LogP contribution in [0.5, 0.6) is 0 Å². The SMILES string of the molecule is CN1CCC(C#Cc2ccccc2)(N2CCOCC2)CC1. The highest BCUT2D eigenvalue weighted by Gasteiger charge is 2.38. The molecule has 0 aliphatic carbocycles. The van der Waals surface area contributed by atoms with Gasteiger partial charge in [-0.3, -0.25) is 4.90 Å². The van der Waals surface area contributed by atoms with Gasteiger partial charge in [0.1, 0.15) is 0 Å². The third-order valence-electron chi connectivity index (χ3n) is 4.64. The highest BCUT2D eigenvalue weighted by molar-refractivity contribution is 5.37. The van der Waals surface area contributed by atoms with E-state index in [9.17, 15) is 0 Å². The van der Waals surface area contributed by atoms with Crippen molar-refractivity contribution in [3.63, 3.8) is 0 Å². The number of ether oxygens (including phenoxy) is 1. The van der Waals surface area contributed by atoms with Gasteiger partial charge in [-0.1, -0.05) is 30.0 Å². The summed E-state index contributed by atoms with van der Waals surface area (Å²) in [5.41, 5.74) is 1.15. The minimum atomic E-state index is 0.0339. The lowest BCUT2D eigenvalue weighted by atomic mass is 9.85. The Morgan fingerprint density at radius 3 is 2.33 bits per heavy atom. The number of piperidine rings is 1. The molecule has 0 bridgehead atoms. The fraction of sp³-hybridized carbons (Fsp3) is 0.556. The van der Waals surface area contributed by atoms with Crippen molar-refractivity contribution in [1.82, 2.24) is 9.80 Å². The van der Waals surface area contributed by atoms with Crippen molar-refractivity contribution in [2.45, 2.75) is 18.4 Å². The summed E-state index contributed by atoms with van der Waals surface area (Å²) >= 11 is 0. The second-order valence-corrected chi connectivity index (χ2v) is 6.05. The first-order valence-corrected chi connectivity index (χ1v) is 7.88. The molecule has 0 aromatic heterocycles. The van der Waals surface area contributed by atoms with Crippen molar-refractivity contribution < 1.29 is 4.74 Å². The smallest absolute Gasteiger partial charge is 0.0855 e. The number of likely N-dealkylation sites (tertiary alicyclic amines) is 1. The van der Waals surface area contributed by atoms with Gasteiger partial charge >= 0.3 is 0 Å². The van der Waals surface area contributed by atoms with E-state index in [1.807, 2.05) is 6.07 Å².